The van der Waals surface area contributed by atoms with E-state index in [4.69, 9.17) is 17.3 Å². The van der Waals surface area contributed by atoms with Crippen molar-refractivity contribution in [1.29, 1.82) is 0 Å². The van der Waals surface area contributed by atoms with Crippen LogP contribution in [-0.2, 0) is 11.2 Å². The first-order chi connectivity index (χ1) is 9.58. The van der Waals surface area contributed by atoms with Gasteiger partial charge in [0.15, 0.2) is 0 Å². The molecule has 0 bridgehead atoms. The molecule has 2 aromatic rings. The fourth-order valence-electron chi connectivity index (χ4n) is 1.96. The second kappa shape index (κ2) is 6.44. The molecule has 0 unspecified atom stereocenters. The van der Waals surface area contributed by atoms with Crippen LogP contribution in [0.15, 0.2) is 48.5 Å². The molecule has 0 aliphatic rings. The van der Waals surface area contributed by atoms with Crippen LogP contribution >= 0.6 is 11.6 Å². The molecule has 0 saturated carbocycles. The zero-order valence-corrected chi connectivity index (χ0v) is 12.1. The quantitative estimate of drug-likeness (QED) is 0.875. The third kappa shape index (κ3) is 3.52. The van der Waals surface area contributed by atoms with Crippen LogP contribution in [0.2, 0.25) is 5.02 Å². The number of nitrogen functional groups attached to an aromatic ring is 1. The van der Waals surface area contributed by atoms with E-state index in [2.05, 4.69) is 0 Å². The van der Waals surface area contributed by atoms with Crippen LogP contribution < -0.4 is 10.6 Å². The molecule has 0 fully saturated rings. The largest absolute Gasteiger partial charge is 0.398 e. The first-order valence-electron chi connectivity index (χ1n) is 6.43. The molecule has 1 amide bonds. The molecule has 2 rings (SSSR count). The van der Waals surface area contributed by atoms with Crippen molar-refractivity contribution in [3.05, 3.63) is 59.1 Å². The van der Waals surface area contributed by atoms with Crippen LogP contribution in [0.1, 0.15) is 12.0 Å². The van der Waals surface area contributed by atoms with Crippen molar-refractivity contribution >= 4 is 28.9 Å². The van der Waals surface area contributed by atoms with Crippen LogP contribution in [0.3, 0.4) is 0 Å². The molecule has 2 N–H and O–H groups in total. The van der Waals surface area contributed by atoms with Gasteiger partial charge in [0.1, 0.15) is 0 Å². The Bertz CT molecular complexity index is 599. The molecule has 0 saturated heterocycles. The maximum atomic E-state index is 12.1. The Balaban J connectivity index is 1.96. The topological polar surface area (TPSA) is 46.3 Å². The van der Waals surface area contributed by atoms with Gasteiger partial charge >= 0.3 is 0 Å². The van der Waals surface area contributed by atoms with Gasteiger partial charge in [0.05, 0.1) is 10.7 Å². The standard InChI is InChI=1S/C16H17ClN2O/c1-19(13-5-3-2-4-6-13)16(20)10-8-12-7-9-14(17)15(18)11-12/h2-7,9,11H,8,10,18H2,1H3. The molecule has 0 atom stereocenters. The van der Waals surface area contributed by atoms with Crippen LogP contribution in [0.5, 0.6) is 0 Å². The molecule has 2 aromatic carbocycles. The summed E-state index contributed by atoms with van der Waals surface area (Å²) in [6.07, 6.45) is 1.09. The summed E-state index contributed by atoms with van der Waals surface area (Å²) in [7, 11) is 1.79. The number of halogens is 1. The minimum atomic E-state index is 0.0738. The number of carbonyl (C=O) groups is 1. The SMILES string of the molecule is CN(C(=O)CCc1ccc(Cl)c(N)c1)c1ccccc1. The highest BCUT2D eigenvalue weighted by atomic mass is 35.5. The molecule has 0 aromatic heterocycles. The van der Waals surface area contributed by atoms with Gasteiger partial charge in [-0.2, -0.15) is 0 Å². The lowest BCUT2D eigenvalue weighted by Gasteiger charge is -2.17. The van der Waals surface area contributed by atoms with E-state index in [9.17, 15) is 4.79 Å². The molecule has 0 aliphatic carbocycles. The average Bonchev–Trinajstić information content (AvgIpc) is 2.48. The van der Waals surface area contributed by atoms with E-state index < -0.39 is 0 Å². The van der Waals surface area contributed by atoms with Crippen LogP contribution in [0, 0.1) is 0 Å². The summed E-state index contributed by atoms with van der Waals surface area (Å²) in [5.74, 6) is 0.0738. The van der Waals surface area contributed by atoms with Crippen molar-refractivity contribution < 1.29 is 4.79 Å². The molecule has 0 aliphatic heterocycles. The Morgan fingerprint density at radius 2 is 1.90 bits per heavy atom. The molecule has 0 heterocycles. The van der Waals surface area contributed by atoms with Gasteiger partial charge in [-0.05, 0) is 36.2 Å². The third-order valence-corrected chi connectivity index (χ3v) is 3.55. The fraction of sp³-hybridized carbons (Fsp3) is 0.188. The van der Waals surface area contributed by atoms with Crippen LogP contribution in [0.4, 0.5) is 11.4 Å². The van der Waals surface area contributed by atoms with Gasteiger partial charge in [-0.1, -0.05) is 35.9 Å². The van der Waals surface area contributed by atoms with Crippen molar-refractivity contribution in [3.8, 4) is 0 Å². The summed E-state index contributed by atoms with van der Waals surface area (Å²) in [5, 5.41) is 0.543. The zero-order valence-electron chi connectivity index (χ0n) is 11.3. The van der Waals surface area contributed by atoms with E-state index in [0.29, 0.717) is 23.6 Å². The number of hydrogen-bond acceptors (Lipinski definition) is 2. The summed E-state index contributed by atoms with van der Waals surface area (Å²) in [5.41, 5.74) is 8.21. The van der Waals surface area contributed by atoms with Gasteiger partial charge in [0.25, 0.3) is 0 Å². The van der Waals surface area contributed by atoms with E-state index in [1.165, 1.54) is 0 Å². The maximum Gasteiger partial charge on any atom is 0.227 e. The van der Waals surface area contributed by atoms with Crippen molar-refractivity contribution in [2.24, 2.45) is 0 Å². The monoisotopic (exact) mass is 288 g/mol. The Morgan fingerprint density at radius 1 is 1.20 bits per heavy atom. The van der Waals surface area contributed by atoms with Crippen LogP contribution in [-0.4, -0.2) is 13.0 Å². The summed E-state index contributed by atoms with van der Waals surface area (Å²) >= 11 is 5.87. The number of aryl methyl sites for hydroxylation is 1. The molecule has 4 heteroatoms. The highest BCUT2D eigenvalue weighted by molar-refractivity contribution is 6.33. The first kappa shape index (κ1) is 14.4. The summed E-state index contributed by atoms with van der Waals surface area (Å²) < 4.78 is 0. The molecule has 0 spiro atoms. The number of nitrogens with two attached hydrogens (primary N) is 1. The zero-order chi connectivity index (χ0) is 14.5. The van der Waals surface area contributed by atoms with Gasteiger partial charge < -0.3 is 10.6 Å². The molecule has 0 radical (unpaired) electrons. The molecule has 20 heavy (non-hydrogen) atoms. The number of amides is 1. The van der Waals surface area contributed by atoms with E-state index in [-0.39, 0.29) is 5.91 Å². The third-order valence-electron chi connectivity index (χ3n) is 3.21. The van der Waals surface area contributed by atoms with Gasteiger partial charge in [-0.15, -0.1) is 0 Å². The highest BCUT2D eigenvalue weighted by Crippen LogP contribution is 2.20. The lowest BCUT2D eigenvalue weighted by atomic mass is 10.1. The predicted molar refractivity (Wildman–Crippen MR) is 84.0 cm³/mol. The molecule has 104 valence electrons. The normalized spacial score (nSPS) is 10.3. The Hall–Kier alpha value is -2.00. The number of rotatable bonds is 4. The minimum Gasteiger partial charge on any atom is -0.398 e. The minimum absolute atomic E-state index is 0.0738. The second-order valence-electron chi connectivity index (χ2n) is 4.64. The average molecular weight is 289 g/mol. The van der Waals surface area contributed by atoms with Gasteiger partial charge in [-0.25, -0.2) is 0 Å². The highest BCUT2D eigenvalue weighted by Gasteiger charge is 2.10. The molecular weight excluding hydrogens is 272 g/mol. The maximum absolute atomic E-state index is 12.1. The molecule has 3 nitrogen and oxygen atoms in total. The van der Waals surface area contributed by atoms with E-state index >= 15 is 0 Å². The number of hydrogen-bond donors (Lipinski definition) is 1. The Kier molecular flexibility index (Phi) is 4.64. The van der Waals surface area contributed by atoms with E-state index in [1.54, 1.807) is 18.0 Å². The van der Waals surface area contributed by atoms with Gasteiger partial charge in [0, 0.05) is 19.2 Å². The lowest BCUT2D eigenvalue weighted by Crippen LogP contribution is -2.26. The van der Waals surface area contributed by atoms with Crippen molar-refractivity contribution in [1.82, 2.24) is 0 Å². The number of para-hydroxylation sites is 1. The lowest BCUT2D eigenvalue weighted by molar-refractivity contribution is -0.118. The fourth-order valence-corrected chi connectivity index (χ4v) is 2.08. The number of anilines is 2. The van der Waals surface area contributed by atoms with Crippen LogP contribution in [0.25, 0.3) is 0 Å². The number of nitrogens with zero attached hydrogens (tertiary/aromatic N) is 1. The van der Waals surface area contributed by atoms with Gasteiger partial charge in [-0.3, -0.25) is 4.79 Å². The number of benzene rings is 2. The Labute approximate surface area is 124 Å². The summed E-state index contributed by atoms with van der Waals surface area (Å²) in [6.45, 7) is 0. The second-order valence-corrected chi connectivity index (χ2v) is 5.05. The molecular formula is C16H17ClN2O. The smallest absolute Gasteiger partial charge is 0.227 e. The van der Waals surface area contributed by atoms with E-state index in [0.717, 1.165) is 11.3 Å². The van der Waals surface area contributed by atoms with Crippen molar-refractivity contribution in [2.45, 2.75) is 12.8 Å². The first-order valence-corrected chi connectivity index (χ1v) is 6.81. The number of carbonyl (C=O) groups excluding carboxylic acids is 1. The summed E-state index contributed by atoms with van der Waals surface area (Å²) in [4.78, 5) is 13.8. The summed E-state index contributed by atoms with van der Waals surface area (Å²) in [6, 6.07) is 15.1. The Morgan fingerprint density at radius 3 is 2.55 bits per heavy atom. The van der Waals surface area contributed by atoms with E-state index in [1.807, 2.05) is 42.5 Å². The van der Waals surface area contributed by atoms with Crippen molar-refractivity contribution in [2.75, 3.05) is 17.7 Å². The predicted octanol–water partition coefficient (Wildman–Crippen LogP) is 3.52. The van der Waals surface area contributed by atoms with Gasteiger partial charge in [0.2, 0.25) is 5.91 Å². The van der Waals surface area contributed by atoms with Crippen molar-refractivity contribution in [3.63, 3.8) is 0 Å².